The first-order chi connectivity index (χ1) is 13.4. The molecule has 0 saturated heterocycles. The first kappa shape index (κ1) is 20.2. The largest absolute Gasteiger partial charge is 0.353 e. The van der Waals surface area contributed by atoms with Crippen LogP contribution in [0.15, 0.2) is 40.3 Å². The lowest BCUT2D eigenvalue weighted by Gasteiger charge is -2.14. The Morgan fingerprint density at radius 1 is 1.32 bits per heavy atom. The maximum absolute atomic E-state index is 12.9. The number of benzene rings is 1. The summed E-state index contributed by atoms with van der Waals surface area (Å²) in [7, 11) is 0. The molecule has 0 fully saturated rings. The number of hydrogen-bond acceptors (Lipinski definition) is 4. The monoisotopic (exact) mass is 398 g/mol. The van der Waals surface area contributed by atoms with Gasteiger partial charge in [-0.2, -0.15) is 0 Å². The second-order valence-electron chi connectivity index (χ2n) is 7.26. The number of rotatable bonds is 7. The molecule has 0 radical (unpaired) electrons. The van der Waals surface area contributed by atoms with Crippen LogP contribution in [0.5, 0.6) is 0 Å². The standard InChI is InChI=1S/C21H26N4O2S/c1-5-15-8-6-7-9-16(15)23-18(26)12-28-21-24-17-10-14(4)22-19(17)20(27)25(21)11-13(2)3/h6-10,13,22H,5,11-12H2,1-4H3,(H,23,26). The number of hydrogen-bond donors (Lipinski definition) is 2. The van der Waals surface area contributed by atoms with Crippen molar-refractivity contribution in [1.29, 1.82) is 0 Å². The van der Waals surface area contributed by atoms with Gasteiger partial charge in [-0.25, -0.2) is 4.98 Å². The molecule has 0 aliphatic carbocycles. The van der Waals surface area contributed by atoms with E-state index in [0.29, 0.717) is 22.7 Å². The number of carbonyl (C=O) groups is 1. The van der Waals surface area contributed by atoms with E-state index in [4.69, 9.17) is 0 Å². The molecule has 3 aromatic rings. The molecular weight excluding hydrogens is 372 g/mol. The Labute approximate surface area is 168 Å². The minimum absolute atomic E-state index is 0.0916. The van der Waals surface area contributed by atoms with Crippen molar-refractivity contribution in [3.8, 4) is 0 Å². The molecule has 1 amide bonds. The first-order valence-electron chi connectivity index (χ1n) is 9.49. The summed E-state index contributed by atoms with van der Waals surface area (Å²) in [5.41, 5.74) is 3.89. The molecule has 0 spiro atoms. The molecule has 148 valence electrons. The summed E-state index contributed by atoms with van der Waals surface area (Å²) in [5.74, 6) is 0.372. The molecule has 3 rings (SSSR count). The zero-order valence-electron chi connectivity index (χ0n) is 16.7. The second kappa shape index (κ2) is 8.65. The molecular formula is C21H26N4O2S. The smallest absolute Gasteiger partial charge is 0.278 e. The summed E-state index contributed by atoms with van der Waals surface area (Å²) in [4.78, 5) is 33.1. The van der Waals surface area contributed by atoms with Crippen molar-refractivity contribution in [1.82, 2.24) is 14.5 Å². The van der Waals surface area contributed by atoms with Gasteiger partial charge in [0.05, 0.1) is 11.3 Å². The third-order valence-corrected chi connectivity index (χ3v) is 5.37. The minimum Gasteiger partial charge on any atom is -0.353 e. The van der Waals surface area contributed by atoms with Crippen molar-refractivity contribution in [2.75, 3.05) is 11.1 Å². The lowest BCUT2D eigenvalue weighted by molar-refractivity contribution is -0.113. The summed E-state index contributed by atoms with van der Waals surface area (Å²) >= 11 is 1.29. The first-order valence-corrected chi connectivity index (χ1v) is 10.5. The van der Waals surface area contributed by atoms with Gasteiger partial charge in [0.25, 0.3) is 5.56 Å². The molecule has 0 aliphatic rings. The van der Waals surface area contributed by atoms with Gasteiger partial charge in [-0.05, 0) is 37.0 Å². The molecule has 1 aromatic carbocycles. The van der Waals surface area contributed by atoms with Crippen LogP contribution in [0.2, 0.25) is 0 Å². The third kappa shape index (κ3) is 4.47. The average molecular weight is 399 g/mol. The number of carbonyl (C=O) groups excluding carboxylic acids is 1. The van der Waals surface area contributed by atoms with Gasteiger partial charge in [-0.3, -0.25) is 14.2 Å². The molecule has 0 bridgehead atoms. The van der Waals surface area contributed by atoms with E-state index in [1.165, 1.54) is 11.8 Å². The van der Waals surface area contributed by atoms with E-state index in [1.54, 1.807) is 4.57 Å². The highest BCUT2D eigenvalue weighted by Crippen LogP contribution is 2.21. The van der Waals surface area contributed by atoms with Crippen LogP contribution < -0.4 is 10.9 Å². The van der Waals surface area contributed by atoms with E-state index in [0.717, 1.165) is 23.4 Å². The zero-order chi connectivity index (χ0) is 20.3. The summed E-state index contributed by atoms with van der Waals surface area (Å²) < 4.78 is 1.67. The number of aryl methyl sites for hydroxylation is 2. The van der Waals surface area contributed by atoms with Gasteiger partial charge < -0.3 is 10.3 Å². The molecule has 0 aliphatic heterocycles. The predicted molar refractivity (Wildman–Crippen MR) is 115 cm³/mol. The van der Waals surface area contributed by atoms with Gasteiger partial charge in [0, 0.05) is 17.9 Å². The Kier molecular flexibility index (Phi) is 6.24. The highest BCUT2D eigenvalue weighted by atomic mass is 32.2. The van der Waals surface area contributed by atoms with Crippen LogP contribution in [-0.4, -0.2) is 26.2 Å². The van der Waals surface area contributed by atoms with Crippen molar-refractivity contribution in [3.05, 3.63) is 51.9 Å². The SMILES string of the molecule is CCc1ccccc1NC(=O)CSc1nc2cc(C)[nH]c2c(=O)n1CC(C)C. The van der Waals surface area contributed by atoms with Gasteiger partial charge in [-0.15, -0.1) is 0 Å². The number of amides is 1. The molecule has 2 aromatic heterocycles. The molecule has 28 heavy (non-hydrogen) atoms. The Balaban J connectivity index is 1.82. The number of aromatic nitrogens is 3. The lowest BCUT2D eigenvalue weighted by atomic mass is 10.1. The number of nitrogens with zero attached hydrogens (tertiary/aromatic N) is 2. The molecule has 0 atom stereocenters. The van der Waals surface area contributed by atoms with Crippen molar-refractivity contribution < 1.29 is 4.79 Å². The Morgan fingerprint density at radius 2 is 2.07 bits per heavy atom. The Hall–Kier alpha value is -2.54. The Morgan fingerprint density at radius 3 is 2.79 bits per heavy atom. The van der Waals surface area contributed by atoms with E-state index < -0.39 is 0 Å². The summed E-state index contributed by atoms with van der Waals surface area (Å²) in [6, 6.07) is 9.64. The average Bonchev–Trinajstić information content (AvgIpc) is 3.03. The number of fused-ring (bicyclic) bond motifs is 1. The predicted octanol–water partition coefficient (Wildman–Crippen LogP) is 3.98. The summed E-state index contributed by atoms with van der Waals surface area (Å²) in [5, 5.41) is 3.54. The highest BCUT2D eigenvalue weighted by molar-refractivity contribution is 7.99. The van der Waals surface area contributed by atoms with Crippen molar-refractivity contribution in [2.45, 2.75) is 45.8 Å². The maximum atomic E-state index is 12.9. The normalized spacial score (nSPS) is 11.3. The van der Waals surface area contributed by atoms with E-state index in [2.05, 4.69) is 36.1 Å². The van der Waals surface area contributed by atoms with E-state index in [9.17, 15) is 9.59 Å². The third-order valence-electron chi connectivity index (χ3n) is 4.39. The number of para-hydroxylation sites is 1. The van der Waals surface area contributed by atoms with E-state index in [1.807, 2.05) is 37.3 Å². The topological polar surface area (TPSA) is 79.8 Å². The van der Waals surface area contributed by atoms with Crippen LogP contribution >= 0.6 is 11.8 Å². The molecule has 6 nitrogen and oxygen atoms in total. The number of H-pyrrole nitrogens is 1. The van der Waals surface area contributed by atoms with Crippen molar-refractivity contribution in [3.63, 3.8) is 0 Å². The molecule has 7 heteroatoms. The van der Waals surface area contributed by atoms with Crippen LogP contribution in [0, 0.1) is 12.8 Å². The van der Waals surface area contributed by atoms with E-state index >= 15 is 0 Å². The fraction of sp³-hybridized carbons (Fsp3) is 0.381. The van der Waals surface area contributed by atoms with Crippen LogP contribution in [0.4, 0.5) is 5.69 Å². The van der Waals surface area contributed by atoms with Crippen LogP contribution in [-0.2, 0) is 17.8 Å². The lowest BCUT2D eigenvalue weighted by Crippen LogP contribution is -2.26. The Bertz CT molecular complexity index is 1050. The quantitative estimate of drug-likeness (QED) is 0.466. The zero-order valence-corrected chi connectivity index (χ0v) is 17.5. The molecule has 0 unspecified atom stereocenters. The van der Waals surface area contributed by atoms with Crippen molar-refractivity contribution in [2.24, 2.45) is 5.92 Å². The second-order valence-corrected chi connectivity index (χ2v) is 8.21. The van der Waals surface area contributed by atoms with Gasteiger partial charge in [0.15, 0.2) is 5.16 Å². The van der Waals surface area contributed by atoms with Crippen LogP contribution in [0.25, 0.3) is 11.0 Å². The fourth-order valence-corrected chi connectivity index (χ4v) is 3.92. The van der Waals surface area contributed by atoms with Crippen molar-refractivity contribution >= 4 is 34.4 Å². The molecule has 2 N–H and O–H groups in total. The van der Waals surface area contributed by atoms with Crippen LogP contribution in [0.3, 0.4) is 0 Å². The number of thioether (sulfide) groups is 1. The van der Waals surface area contributed by atoms with Gasteiger partial charge in [-0.1, -0.05) is 50.7 Å². The number of nitrogens with one attached hydrogen (secondary N) is 2. The van der Waals surface area contributed by atoms with Gasteiger partial charge in [0.2, 0.25) is 5.91 Å². The molecule has 2 heterocycles. The van der Waals surface area contributed by atoms with E-state index in [-0.39, 0.29) is 23.1 Å². The van der Waals surface area contributed by atoms with Gasteiger partial charge >= 0.3 is 0 Å². The number of anilines is 1. The van der Waals surface area contributed by atoms with Gasteiger partial charge in [0.1, 0.15) is 5.52 Å². The minimum atomic E-state index is -0.110. The maximum Gasteiger partial charge on any atom is 0.278 e. The fourth-order valence-electron chi connectivity index (χ4n) is 3.11. The molecule has 0 saturated carbocycles. The highest BCUT2D eigenvalue weighted by Gasteiger charge is 2.16. The van der Waals surface area contributed by atoms with Crippen LogP contribution in [0.1, 0.15) is 32.0 Å². The summed E-state index contributed by atoms with van der Waals surface area (Å²) in [6.07, 6.45) is 0.850. The summed E-state index contributed by atoms with van der Waals surface area (Å²) in [6.45, 7) is 8.63. The number of aromatic amines is 1.